The van der Waals surface area contributed by atoms with Gasteiger partial charge < -0.3 is 10.6 Å². The van der Waals surface area contributed by atoms with E-state index in [-0.39, 0.29) is 35.5 Å². The summed E-state index contributed by atoms with van der Waals surface area (Å²) in [6, 6.07) is 0.541. The Kier molecular flexibility index (Phi) is 6.23. The number of fused-ring (bicyclic) bond motifs is 5. The molecule has 160 valence electrons. The lowest BCUT2D eigenvalue weighted by atomic mass is 9.85. The highest BCUT2D eigenvalue weighted by Crippen LogP contribution is 2.52. The van der Waals surface area contributed by atoms with Crippen molar-refractivity contribution in [2.45, 2.75) is 45.1 Å². The maximum Gasteiger partial charge on any atom is 0.233 e. The van der Waals surface area contributed by atoms with E-state index in [1.165, 1.54) is 30.8 Å². The van der Waals surface area contributed by atoms with Gasteiger partial charge in [0.05, 0.1) is 11.8 Å². The van der Waals surface area contributed by atoms with Crippen LogP contribution in [0.25, 0.3) is 0 Å². The van der Waals surface area contributed by atoms with Crippen molar-refractivity contribution in [2.75, 3.05) is 39.8 Å². The van der Waals surface area contributed by atoms with Gasteiger partial charge in [0, 0.05) is 32.7 Å². The molecule has 29 heavy (non-hydrogen) atoms. The minimum Gasteiger partial charge on any atom is -0.356 e. The summed E-state index contributed by atoms with van der Waals surface area (Å²) in [5.74, 6) is 1.30. The Hall–Kier alpha value is -1.89. The van der Waals surface area contributed by atoms with Crippen molar-refractivity contribution in [3.63, 3.8) is 0 Å². The molecule has 4 aliphatic rings. The Morgan fingerprint density at radius 2 is 1.79 bits per heavy atom. The molecule has 0 aromatic carbocycles. The average molecular weight is 402 g/mol. The van der Waals surface area contributed by atoms with Crippen molar-refractivity contribution in [3.8, 4) is 0 Å². The molecule has 2 N–H and O–H groups in total. The first-order valence-electron chi connectivity index (χ1n) is 11.4. The van der Waals surface area contributed by atoms with Gasteiger partial charge in [-0.1, -0.05) is 19.1 Å². The van der Waals surface area contributed by atoms with Crippen LogP contribution in [0.1, 0.15) is 39.0 Å². The second-order valence-electron chi connectivity index (χ2n) is 8.87. The van der Waals surface area contributed by atoms with E-state index in [1.54, 1.807) is 7.05 Å². The lowest BCUT2D eigenvalue weighted by molar-refractivity contribution is -0.140. The fourth-order valence-corrected chi connectivity index (χ4v) is 5.70. The van der Waals surface area contributed by atoms with Crippen LogP contribution in [-0.2, 0) is 9.59 Å². The zero-order valence-corrected chi connectivity index (χ0v) is 17.8. The van der Waals surface area contributed by atoms with Crippen LogP contribution in [0.15, 0.2) is 17.1 Å². The predicted molar refractivity (Wildman–Crippen MR) is 113 cm³/mol. The minimum absolute atomic E-state index is 0.0516. The highest BCUT2D eigenvalue weighted by atomic mass is 16.2. The summed E-state index contributed by atoms with van der Waals surface area (Å²) in [7, 11) is 1.78. The van der Waals surface area contributed by atoms with Crippen molar-refractivity contribution in [1.29, 1.82) is 0 Å². The van der Waals surface area contributed by atoms with Crippen molar-refractivity contribution in [2.24, 2.45) is 28.7 Å². The number of amides is 2. The maximum absolute atomic E-state index is 12.7. The van der Waals surface area contributed by atoms with E-state index in [4.69, 9.17) is 0 Å². The predicted octanol–water partition coefficient (Wildman–Crippen LogP) is 1.22. The highest BCUT2D eigenvalue weighted by molar-refractivity contribution is 6.06. The number of likely N-dealkylation sites (tertiary alicyclic amines) is 2. The van der Waals surface area contributed by atoms with Gasteiger partial charge in [0.25, 0.3) is 0 Å². The van der Waals surface area contributed by atoms with Crippen molar-refractivity contribution in [3.05, 3.63) is 12.2 Å². The molecule has 2 amide bonds. The second-order valence-corrected chi connectivity index (χ2v) is 8.87. The molecular weight excluding hydrogens is 366 g/mol. The lowest BCUT2D eigenvalue weighted by Crippen LogP contribution is -2.46. The van der Waals surface area contributed by atoms with E-state index < -0.39 is 0 Å². The van der Waals surface area contributed by atoms with Gasteiger partial charge >= 0.3 is 0 Å². The molecular formula is C22H35N5O2. The zero-order chi connectivity index (χ0) is 20.4. The smallest absolute Gasteiger partial charge is 0.233 e. The Bertz CT molecular complexity index is 655. The van der Waals surface area contributed by atoms with E-state index in [2.05, 4.69) is 39.6 Å². The van der Waals surface area contributed by atoms with Crippen LogP contribution < -0.4 is 10.6 Å². The molecule has 0 radical (unpaired) electrons. The van der Waals surface area contributed by atoms with Crippen LogP contribution in [0.5, 0.6) is 0 Å². The molecule has 4 rings (SSSR count). The first kappa shape index (κ1) is 20.4. The molecule has 0 aromatic rings. The number of imide groups is 1. The van der Waals surface area contributed by atoms with Gasteiger partial charge in [-0.2, -0.15) is 0 Å². The fraction of sp³-hybridized carbons (Fsp3) is 0.773. The van der Waals surface area contributed by atoms with Crippen molar-refractivity contribution in [1.82, 2.24) is 20.4 Å². The standard InChI is InChI=1S/C22H35N5O2/c1-3-17(26-10-4-5-11-26)14-25-22(23-2)24-9-6-12-27-20(28)18-15-7-8-16(13-15)19(18)21(27)29/h7-8,15-19H,3-6,9-14H2,1-2H3,(H2,23,24,25). The quantitative estimate of drug-likeness (QED) is 0.210. The van der Waals surface area contributed by atoms with Gasteiger partial charge in [-0.05, 0) is 57.0 Å². The zero-order valence-electron chi connectivity index (χ0n) is 17.8. The van der Waals surface area contributed by atoms with Crippen LogP contribution in [0.4, 0.5) is 0 Å². The van der Waals surface area contributed by atoms with Crippen molar-refractivity contribution >= 4 is 17.8 Å². The van der Waals surface area contributed by atoms with Crippen LogP contribution >= 0.6 is 0 Å². The molecule has 2 aliphatic heterocycles. The SMILES string of the molecule is CCC(CNC(=NC)NCCCN1C(=O)C2C3C=CC(C3)C2C1=O)N1CCCC1. The number of carbonyl (C=O) groups is 2. The van der Waals surface area contributed by atoms with Gasteiger partial charge in [0.15, 0.2) is 5.96 Å². The van der Waals surface area contributed by atoms with Gasteiger partial charge in [0.1, 0.15) is 0 Å². The summed E-state index contributed by atoms with van der Waals surface area (Å²) in [4.78, 5) is 33.8. The molecule has 0 spiro atoms. The molecule has 2 aliphatic carbocycles. The van der Waals surface area contributed by atoms with Crippen LogP contribution in [-0.4, -0.2) is 73.4 Å². The molecule has 2 bridgehead atoms. The summed E-state index contributed by atoms with van der Waals surface area (Å²) >= 11 is 0. The highest BCUT2D eigenvalue weighted by Gasteiger charge is 2.58. The van der Waals surface area contributed by atoms with E-state index in [9.17, 15) is 9.59 Å². The molecule has 0 aromatic heterocycles. The number of rotatable bonds is 8. The summed E-state index contributed by atoms with van der Waals surface area (Å²) in [6.45, 7) is 6.71. The van der Waals surface area contributed by atoms with Crippen LogP contribution in [0.3, 0.4) is 0 Å². The third-order valence-corrected chi connectivity index (χ3v) is 7.27. The number of allylic oxidation sites excluding steroid dienone is 2. The molecule has 7 heteroatoms. The molecule has 1 saturated carbocycles. The number of guanidine groups is 1. The van der Waals surface area contributed by atoms with E-state index in [1.807, 2.05) is 0 Å². The third-order valence-electron chi connectivity index (χ3n) is 7.27. The molecule has 5 unspecified atom stereocenters. The molecule has 2 heterocycles. The number of aliphatic imine (C=N–C) groups is 1. The fourth-order valence-electron chi connectivity index (χ4n) is 5.70. The Labute approximate surface area is 174 Å². The lowest BCUT2D eigenvalue weighted by Gasteiger charge is -2.27. The van der Waals surface area contributed by atoms with Gasteiger partial charge in [-0.15, -0.1) is 0 Å². The van der Waals surface area contributed by atoms with Crippen LogP contribution in [0, 0.1) is 23.7 Å². The van der Waals surface area contributed by atoms with Crippen LogP contribution in [0.2, 0.25) is 0 Å². The second kappa shape index (κ2) is 8.86. The Morgan fingerprint density at radius 3 is 2.38 bits per heavy atom. The number of hydrogen-bond donors (Lipinski definition) is 2. The topological polar surface area (TPSA) is 77.0 Å². The van der Waals surface area contributed by atoms with Gasteiger partial charge in [-0.25, -0.2) is 0 Å². The van der Waals surface area contributed by atoms with E-state index in [0.29, 0.717) is 19.1 Å². The van der Waals surface area contributed by atoms with Gasteiger partial charge in [0.2, 0.25) is 11.8 Å². The molecule has 3 fully saturated rings. The average Bonchev–Trinajstić information content (AvgIpc) is 3.51. The third kappa shape index (κ3) is 3.93. The largest absolute Gasteiger partial charge is 0.356 e. The van der Waals surface area contributed by atoms with Crippen molar-refractivity contribution < 1.29 is 9.59 Å². The van der Waals surface area contributed by atoms with E-state index in [0.717, 1.165) is 31.8 Å². The number of nitrogens with zero attached hydrogens (tertiary/aromatic N) is 3. The minimum atomic E-state index is -0.0866. The van der Waals surface area contributed by atoms with Gasteiger partial charge in [-0.3, -0.25) is 24.4 Å². The monoisotopic (exact) mass is 401 g/mol. The normalized spacial score (nSPS) is 32.3. The summed E-state index contributed by atoms with van der Waals surface area (Å²) in [5.41, 5.74) is 0. The number of carbonyl (C=O) groups excluding carboxylic acids is 2. The molecule has 2 saturated heterocycles. The Morgan fingerprint density at radius 1 is 1.14 bits per heavy atom. The molecule has 5 atom stereocenters. The first-order chi connectivity index (χ1) is 14.1. The molecule has 7 nitrogen and oxygen atoms in total. The number of hydrogen-bond acceptors (Lipinski definition) is 4. The first-order valence-corrected chi connectivity index (χ1v) is 11.4. The summed E-state index contributed by atoms with van der Waals surface area (Å²) in [6.07, 6.45) is 9.74. The number of nitrogens with one attached hydrogen (secondary N) is 2. The summed E-state index contributed by atoms with van der Waals surface area (Å²) < 4.78 is 0. The maximum atomic E-state index is 12.7. The summed E-state index contributed by atoms with van der Waals surface area (Å²) in [5, 5.41) is 6.77. The Balaban J connectivity index is 1.19. The van der Waals surface area contributed by atoms with E-state index >= 15 is 0 Å².